The van der Waals surface area contributed by atoms with Gasteiger partial charge in [-0.25, -0.2) is 0 Å². The number of thiocarbonyl (C=S) groups is 1. The lowest BCUT2D eigenvalue weighted by Crippen LogP contribution is -2.31. The zero-order valence-electron chi connectivity index (χ0n) is 10.7. The molecule has 0 saturated carbocycles. The van der Waals surface area contributed by atoms with Crippen LogP contribution in [0.3, 0.4) is 0 Å². The normalized spacial score (nSPS) is 9.89. The second-order valence-electron chi connectivity index (χ2n) is 4.06. The minimum absolute atomic E-state index is 0.0412. The molecule has 4 nitrogen and oxygen atoms in total. The molecule has 0 aromatic heterocycles. The Morgan fingerprint density at radius 3 is 2.83 bits per heavy atom. The predicted molar refractivity (Wildman–Crippen MR) is 75.7 cm³/mol. The van der Waals surface area contributed by atoms with Crippen LogP contribution in [0.2, 0.25) is 0 Å². The van der Waals surface area contributed by atoms with E-state index in [0.29, 0.717) is 24.4 Å². The number of carbonyl (C=O) groups is 1. The summed E-state index contributed by atoms with van der Waals surface area (Å²) in [6.45, 7) is 0.554. The average molecular weight is 266 g/mol. The van der Waals surface area contributed by atoms with Crippen LogP contribution in [0.4, 0.5) is 0 Å². The van der Waals surface area contributed by atoms with Crippen LogP contribution >= 0.6 is 12.2 Å². The zero-order chi connectivity index (χ0) is 13.5. The summed E-state index contributed by atoms with van der Waals surface area (Å²) in [6.07, 6.45) is 0.903. The molecule has 0 bridgehead atoms. The highest BCUT2D eigenvalue weighted by atomic mass is 32.1. The number of amides is 1. The Morgan fingerprint density at radius 2 is 2.22 bits per heavy atom. The van der Waals surface area contributed by atoms with Crippen molar-refractivity contribution in [3.63, 3.8) is 0 Å². The van der Waals surface area contributed by atoms with Gasteiger partial charge in [0.25, 0.3) is 0 Å². The Kier molecular flexibility index (Phi) is 5.58. The van der Waals surface area contributed by atoms with Crippen LogP contribution in [0.15, 0.2) is 24.3 Å². The van der Waals surface area contributed by atoms with Gasteiger partial charge in [0.15, 0.2) is 0 Å². The van der Waals surface area contributed by atoms with E-state index < -0.39 is 0 Å². The average Bonchev–Trinajstić information content (AvgIpc) is 2.36. The van der Waals surface area contributed by atoms with Gasteiger partial charge in [-0.3, -0.25) is 4.79 Å². The second kappa shape index (κ2) is 6.96. The standard InChI is InChI=1S/C13H18N2O2S/c1-15(7-6-12(14)18)13(16)9-10-4-3-5-11(8-10)17-2/h3-5,8H,6-7,9H2,1-2H3,(H2,14,18). The van der Waals surface area contributed by atoms with Crippen LogP contribution in [0.25, 0.3) is 0 Å². The molecule has 18 heavy (non-hydrogen) atoms. The molecule has 1 aromatic carbocycles. The van der Waals surface area contributed by atoms with Gasteiger partial charge in [-0.1, -0.05) is 24.4 Å². The lowest BCUT2D eigenvalue weighted by molar-refractivity contribution is -0.129. The maximum Gasteiger partial charge on any atom is 0.226 e. The summed E-state index contributed by atoms with van der Waals surface area (Å²) in [5.74, 6) is 0.797. The molecule has 0 heterocycles. The summed E-state index contributed by atoms with van der Waals surface area (Å²) in [4.78, 5) is 14.0. The van der Waals surface area contributed by atoms with Crippen molar-refractivity contribution in [3.05, 3.63) is 29.8 Å². The minimum atomic E-state index is 0.0412. The maximum absolute atomic E-state index is 11.9. The molecule has 0 aliphatic rings. The van der Waals surface area contributed by atoms with Crippen molar-refractivity contribution in [1.29, 1.82) is 0 Å². The highest BCUT2D eigenvalue weighted by molar-refractivity contribution is 7.80. The molecule has 0 spiro atoms. The van der Waals surface area contributed by atoms with Crippen LogP contribution in [0, 0.1) is 0 Å². The zero-order valence-corrected chi connectivity index (χ0v) is 11.5. The summed E-state index contributed by atoms with van der Waals surface area (Å²) in [6, 6.07) is 7.49. The quantitative estimate of drug-likeness (QED) is 0.790. The van der Waals surface area contributed by atoms with Gasteiger partial charge in [-0.2, -0.15) is 0 Å². The van der Waals surface area contributed by atoms with Crippen molar-refractivity contribution < 1.29 is 9.53 Å². The molecule has 0 unspecified atom stereocenters. The molecular formula is C13H18N2O2S. The van der Waals surface area contributed by atoms with Crippen LogP contribution in [-0.4, -0.2) is 36.5 Å². The van der Waals surface area contributed by atoms with Crippen LogP contribution in [-0.2, 0) is 11.2 Å². The van der Waals surface area contributed by atoms with E-state index in [1.165, 1.54) is 0 Å². The number of methoxy groups -OCH3 is 1. The van der Waals surface area contributed by atoms with Crippen LogP contribution < -0.4 is 10.5 Å². The topological polar surface area (TPSA) is 55.6 Å². The number of benzene rings is 1. The summed E-state index contributed by atoms with van der Waals surface area (Å²) in [5.41, 5.74) is 6.34. The first-order valence-corrected chi connectivity index (χ1v) is 6.09. The van der Waals surface area contributed by atoms with E-state index in [-0.39, 0.29) is 5.91 Å². The van der Waals surface area contributed by atoms with Crippen molar-refractivity contribution in [1.82, 2.24) is 4.90 Å². The van der Waals surface area contributed by atoms with Crippen LogP contribution in [0.1, 0.15) is 12.0 Å². The SMILES string of the molecule is COc1cccc(CC(=O)N(C)CCC(N)=S)c1. The van der Waals surface area contributed by atoms with Crippen molar-refractivity contribution in [2.75, 3.05) is 20.7 Å². The van der Waals surface area contributed by atoms with Crippen molar-refractivity contribution >= 4 is 23.1 Å². The number of likely N-dealkylation sites (N-methyl/N-ethyl adjacent to an activating group) is 1. The van der Waals surface area contributed by atoms with Gasteiger partial charge in [0, 0.05) is 20.0 Å². The minimum Gasteiger partial charge on any atom is -0.497 e. The van der Waals surface area contributed by atoms with Crippen molar-refractivity contribution in [2.24, 2.45) is 5.73 Å². The van der Waals surface area contributed by atoms with E-state index in [2.05, 4.69) is 0 Å². The van der Waals surface area contributed by atoms with E-state index >= 15 is 0 Å². The number of nitrogens with zero attached hydrogens (tertiary/aromatic N) is 1. The number of hydrogen-bond acceptors (Lipinski definition) is 3. The molecule has 1 rings (SSSR count). The number of rotatable bonds is 6. The molecule has 0 saturated heterocycles. The van der Waals surface area contributed by atoms with Gasteiger partial charge in [-0.15, -0.1) is 0 Å². The van der Waals surface area contributed by atoms with E-state index in [1.54, 1.807) is 19.1 Å². The Morgan fingerprint density at radius 1 is 1.50 bits per heavy atom. The molecule has 0 aliphatic heterocycles. The molecular weight excluding hydrogens is 248 g/mol. The van der Waals surface area contributed by atoms with Crippen LogP contribution in [0.5, 0.6) is 5.75 Å². The first-order chi connectivity index (χ1) is 8.52. The molecule has 0 aliphatic carbocycles. The lowest BCUT2D eigenvalue weighted by Gasteiger charge is -2.16. The van der Waals surface area contributed by atoms with Gasteiger partial charge >= 0.3 is 0 Å². The van der Waals surface area contributed by atoms with E-state index in [9.17, 15) is 4.79 Å². The molecule has 5 heteroatoms. The monoisotopic (exact) mass is 266 g/mol. The summed E-state index contributed by atoms with van der Waals surface area (Å²) < 4.78 is 5.12. The second-order valence-corrected chi connectivity index (χ2v) is 4.58. The summed E-state index contributed by atoms with van der Waals surface area (Å²) in [5, 5.41) is 0. The Balaban J connectivity index is 2.55. The van der Waals surface area contributed by atoms with Gasteiger partial charge in [0.05, 0.1) is 18.5 Å². The number of ether oxygens (including phenoxy) is 1. The first kappa shape index (κ1) is 14.4. The molecule has 98 valence electrons. The number of hydrogen-bond donors (Lipinski definition) is 1. The van der Waals surface area contributed by atoms with E-state index in [4.69, 9.17) is 22.7 Å². The highest BCUT2D eigenvalue weighted by Crippen LogP contribution is 2.13. The van der Waals surface area contributed by atoms with E-state index in [1.807, 2.05) is 24.3 Å². The summed E-state index contributed by atoms with van der Waals surface area (Å²) >= 11 is 4.79. The molecule has 0 radical (unpaired) electrons. The third-order valence-electron chi connectivity index (χ3n) is 2.61. The van der Waals surface area contributed by atoms with Gasteiger partial charge < -0.3 is 15.4 Å². The fourth-order valence-corrected chi connectivity index (χ4v) is 1.59. The number of carbonyl (C=O) groups excluding carboxylic acids is 1. The molecule has 1 aromatic rings. The lowest BCUT2D eigenvalue weighted by atomic mass is 10.1. The largest absolute Gasteiger partial charge is 0.497 e. The summed E-state index contributed by atoms with van der Waals surface area (Å²) in [7, 11) is 3.36. The molecule has 1 amide bonds. The van der Waals surface area contributed by atoms with Gasteiger partial charge in [0.2, 0.25) is 5.91 Å². The Hall–Kier alpha value is -1.62. The van der Waals surface area contributed by atoms with Gasteiger partial charge in [0.1, 0.15) is 5.75 Å². The van der Waals surface area contributed by atoms with Gasteiger partial charge in [-0.05, 0) is 17.7 Å². The molecule has 0 fully saturated rings. The Bertz CT molecular complexity index is 435. The smallest absolute Gasteiger partial charge is 0.226 e. The predicted octanol–water partition coefficient (Wildman–Crippen LogP) is 1.37. The maximum atomic E-state index is 11.9. The fourth-order valence-electron chi connectivity index (χ4n) is 1.49. The fraction of sp³-hybridized carbons (Fsp3) is 0.385. The Labute approximate surface area is 113 Å². The number of nitrogens with two attached hydrogens (primary N) is 1. The first-order valence-electron chi connectivity index (χ1n) is 5.68. The van der Waals surface area contributed by atoms with E-state index in [0.717, 1.165) is 11.3 Å². The molecule has 2 N–H and O–H groups in total. The van der Waals surface area contributed by atoms with Crippen molar-refractivity contribution in [3.8, 4) is 5.75 Å². The van der Waals surface area contributed by atoms with Crippen molar-refractivity contribution in [2.45, 2.75) is 12.8 Å². The third-order valence-corrected chi connectivity index (χ3v) is 2.81. The highest BCUT2D eigenvalue weighted by Gasteiger charge is 2.10. The molecule has 0 atom stereocenters. The third kappa shape index (κ3) is 4.71.